The summed E-state index contributed by atoms with van der Waals surface area (Å²) in [6.07, 6.45) is 1.03. The second kappa shape index (κ2) is 8.05. The van der Waals surface area contributed by atoms with Gasteiger partial charge in [0.05, 0.1) is 13.2 Å². The zero-order valence-corrected chi connectivity index (χ0v) is 10.6. The van der Waals surface area contributed by atoms with Crippen LogP contribution in [0.2, 0.25) is 0 Å². The Labute approximate surface area is 93.7 Å². The van der Waals surface area contributed by atoms with Crippen LogP contribution in [0.5, 0.6) is 0 Å². The first-order valence-electron chi connectivity index (χ1n) is 5.52. The van der Waals surface area contributed by atoms with Crippen molar-refractivity contribution in [1.29, 1.82) is 0 Å². The second-order valence-electron chi connectivity index (χ2n) is 4.40. The highest BCUT2D eigenvalue weighted by Crippen LogP contribution is 2.09. The topological polar surface area (TPSA) is 47.7 Å². The lowest BCUT2D eigenvalue weighted by atomic mass is 10.0. The van der Waals surface area contributed by atoms with E-state index in [1.54, 1.807) is 7.11 Å². The maximum Gasteiger partial charge on any atom is 0.0700 e. The average Bonchev–Trinajstić information content (AvgIpc) is 2.22. The van der Waals surface area contributed by atoms with E-state index in [0.29, 0.717) is 19.8 Å². The molecule has 0 aromatic carbocycles. The standard InChI is InChI=1S/C11H26N2O2/c1-11(2,10-12)13(3)6-5-7-15-9-8-14-4/h5-10,12H2,1-4H3. The van der Waals surface area contributed by atoms with Crippen molar-refractivity contribution in [2.75, 3.05) is 47.1 Å². The summed E-state index contributed by atoms with van der Waals surface area (Å²) in [4.78, 5) is 2.27. The van der Waals surface area contributed by atoms with Crippen molar-refractivity contribution in [3.8, 4) is 0 Å². The Hall–Kier alpha value is -0.160. The highest BCUT2D eigenvalue weighted by atomic mass is 16.5. The number of nitrogens with zero attached hydrogens (tertiary/aromatic N) is 1. The smallest absolute Gasteiger partial charge is 0.0700 e. The molecule has 0 rings (SSSR count). The summed E-state index contributed by atoms with van der Waals surface area (Å²) in [7, 11) is 3.78. The predicted octanol–water partition coefficient (Wildman–Crippen LogP) is 0.709. The van der Waals surface area contributed by atoms with E-state index in [9.17, 15) is 0 Å². The molecule has 0 fully saturated rings. The molecule has 0 bridgehead atoms. The third kappa shape index (κ3) is 6.84. The molecule has 0 aliphatic heterocycles. The van der Waals surface area contributed by atoms with Gasteiger partial charge in [-0.1, -0.05) is 0 Å². The Bertz CT molecular complexity index is 152. The van der Waals surface area contributed by atoms with E-state index in [2.05, 4.69) is 25.8 Å². The first kappa shape index (κ1) is 14.8. The van der Waals surface area contributed by atoms with Gasteiger partial charge in [0.1, 0.15) is 0 Å². The number of ether oxygens (including phenoxy) is 2. The van der Waals surface area contributed by atoms with Crippen LogP contribution in [0.25, 0.3) is 0 Å². The van der Waals surface area contributed by atoms with Crippen molar-refractivity contribution in [2.24, 2.45) is 5.73 Å². The molecule has 0 heterocycles. The molecule has 0 amide bonds. The highest BCUT2D eigenvalue weighted by Gasteiger charge is 2.20. The van der Waals surface area contributed by atoms with E-state index in [0.717, 1.165) is 19.6 Å². The Kier molecular flexibility index (Phi) is 7.96. The fourth-order valence-corrected chi connectivity index (χ4v) is 1.11. The third-order valence-corrected chi connectivity index (χ3v) is 2.75. The van der Waals surface area contributed by atoms with Crippen molar-refractivity contribution in [2.45, 2.75) is 25.8 Å². The summed E-state index contributed by atoms with van der Waals surface area (Å²) in [6, 6.07) is 0. The molecule has 4 nitrogen and oxygen atoms in total. The molecule has 0 spiro atoms. The summed E-state index contributed by atoms with van der Waals surface area (Å²) in [5.74, 6) is 0. The van der Waals surface area contributed by atoms with Crippen LogP contribution >= 0.6 is 0 Å². The minimum absolute atomic E-state index is 0.0759. The number of rotatable bonds is 9. The van der Waals surface area contributed by atoms with Crippen LogP contribution in [-0.4, -0.2) is 57.5 Å². The van der Waals surface area contributed by atoms with Gasteiger partial charge >= 0.3 is 0 Å². The minimum Gasteiger partial charge on any atom is -0.382 e. The Balaban J connectivity index is 3.43. The van der Waals surface area contributed by atoms with Gasteiger partial charge in [0.25, 0.3) is 0 Å². The Morgan fingerprint density at radius 3 is 2.40 bits per heavy atom. The molecule has 92 valence electrons. The van der Waals surface area contributed by atoms with Gasteiger partial charge in [0.15, 0.2) is 0 Å². The lowest BCUT2D eigenvalue weighted by Crippen LogP contribution is -2.47. The van der Waals surface area contributed by atoms with Crippen LogP contribution in [0.1, 0.15) is 20.3 Å². The van der Waals surface area contributed by atoms with E-state index in [1.165, 1.54) is 0 Å². The zero-order chi connectivity index (χ0) is 11.7. The lowest BCUT2D eigenvalue weighted by molar-refractivity contribution is 0.0608. The summed E-state index contributed by atoms with van der Waals surface area (Å²) in [5.41, 5.74) is 5.76. The van der Waals surface area contributed by atoms with E-state index in [1.807, 2.05) is 0 Å². The maximum atomic E-state index is 5.69. The number of likely N-dealkylation sites (N-methyl/N-ethyl adjacent to an activating group) is 1. The van der Waals surface area contributed by atoms with Crippen LogP contribution in [-0.2, 0) is 9.47 Å². The molecule has 0 saturated carbocycles. The fourth-order valence-electron chi connectivity index (χ4n) is 1.11. The van der Waals surface area contributed by atoms with Crippen molar-refractivity contribution >= 4 is 0 Å². The molecular weight excluding hydrogens is 192 g/mol. The number of hydrogen-bond acceptors (Lipinski definition) is 4. The summed E-state index contributed by atoms with van der Waals surface area (Å²) < 4.78 is 10.3. The monoisotopic (exact) mass is 218 g/mol. The van der Waals surface area contributed by atoms with Crippen molar-refractivity contribution in [3.63, 3.8) is 0 Å². The molecule has 0 atom stereocenters. The lowest BCUT2D eigenvalue weighted by Gasteiger charge is -2.34. The normalized spacial score (nSPS) is 12.4. The van der Waals surface area contributed by atoms with Gasteiger partial charge < -0.3 is 15.2 Å². The van der Waals surface area contributed by atoms with Gasteiger partial charge in [-0.05, 0) is 27.3 Å². The predicted molar refractivity (Wildman–Crippen MR) is 63.1 cm³/mol. The van der Waals surface area contributed by atoms with Gasteiger partial charge in [-0.3, -0.25) is 4.90 Å². The van der Waals surface area contributed by atoms with Gasteiger partial charge in [-0.15, -0.1) is 0 Å². The summed E-state index contributed by atoms with van der Waals surface area (Å²) >= 11 is 0. The Morgan fingerprint density at radius 1 is 1.20 bits per heavy atom. The molecule has 0 aliphatic carbocycles. The molecule has 0 aromatic heterocycles. The van der Waals surface area contributed by atoms with Gasteiger partial charge in [0, 0.05) is 32.3 Å². The van der Waals surface area contributed by atoms with Crippen LogP contribution in [0.3, 0.4) is 0 Å². The first-order chi connectivity index (χ1) is 7.04. The molecule has 15 heavy (non-hydrogen) atoms. The summed E-state index contributed by atoms with van der Waals surface area (Å²) in [5, 5.41) is 0. The SMILES string of the molecule is COCCOCCCN(C)C(C)(C)CN. The number of methoxy groups -OCH3 is 1. The second-order valence-corrected chi connectivity index (χ2v) is 4.40. The number of nitrogens with two attached hydrogens (primary N) is 1. The largest absolute Gasteiger partial charge is 0.382 e. The van der Waals surface area contributed by atoms with Crippen LogP contribution in [0, 0.1) is 0 Å². The van der Waals surface area contributed by atoms with E-state index in [4.69, 9.17) is 15.2 Å². The zero-order valence-electron chi connectivity index (χ0n) is 10.6. The van der Waals surface area contributed by atoms with Crippen molar-refractivity contribution < 1.29 is 9.47 Å². The van der Waals surface area contributed by atoms with E-state index in [-0.39, 0.29) is 5.54 Å². The summed E-state index contributed by atoms with van der Waals surface area (Å²) in [6.45, 7) is 8.13. The average molecular weight is 218 g/mol. The van der Waals surface area contributed by atoms with Gasteiger partial charge in [0.2, 0.25) is 0 Å². The van der Waals surface area contributed by atoms with Crippen LogP contribution in [0.4, 0.5) is 0 Å². The molecule has 4 heteroatoms. The first-order valence-corrected chi connectivity index (χ1v) is 5.52. The highest BCUT2D eigenvalue weighted by molar-refractivity contribution is 4.79. The molecule has 0 aromatic rings. The third-order valence-electron chi connectivity index (χ3n) is 2.75. The molecule has 2 N–H and O–H groups in total. The molecule has 0 unspecified atom stereocenters. The van der Waals surface area contributed by atoms with E-state index < -0.39 is 0 Å². The van der Waals surface area contributed by atoms with Gasteiger partial charge in [-0.25, -0.2) is 0 Å². The van der Waals surface area contributed by atoms with Crippen LogP contribution < -0.4 is 5.73 Å². The number of hydrogen-bond donors (Lipinski definition) is 1. The maximum absolute atomic E-state index is 5.69. The minimum atomic E-state index is 0.0759. The van der Waals surface area contributed by atoms with Gasteiger partial charge in [-0.2, -0.15) is 0 Å². The molecular formula is C11H26N2O2. The van der Waals surface area contributed by atoms with E-state index >= 15 is 0 Å². The molecule has 0 radical (unpaired) electrons. The van der Waals surface area contributed by atoms with Crippen molar-refractivity contribution in [1.82, 2.24) is 4.90 Å². The van der Waals surface area contributed by atoms with Crippen LogP contribution in [0.15, 0.2) is 0 Å². The molecule has 0 saturated heterocycles. The molecule has 0 aliphatic rings. The van der Waals surface area contributed by atoms with Crippen molar-refractivity contribution in [3.05, 3.63) is 0 Å². The quantitative estimate of drug-likeness (QED) is 0.579. The fraction of sp³-hybridized carbons (Fsp3) is 1.00. The Morgan fingerprint density at radius 2 is 1.87 bits per heavy atom.